The molecule has 0 aromatic carbocycles. The van der Waals surface area contributed by atoms with Crippen LogP contribution >= 0.6 is 0 Å². The third-order valence-electron chi connectivity index (χ3n) is 4.88. The van der Waals surface area contributed by atoms with Gasteiger partial charge < -0.3 is 14.1 Å². The van der Waals surface area contributed by atoms with E-state index in [-0.39, 0.29) is 11.9 Å². The third kappa shape index (κ3) is 3.09. The minimum absolute atomic E-state index is 0.0613. The number of fused-ring (bicyclic) bond motifs is 1. The van der Waals surface area contributed by atoms with Crippen LogP contribution in [0.25, 0.3) is 0 Å². The summed E-state index contributed by atoms with van der Waals surface area (Å²) >= 11 is 0. The standard InChI is InChI=1S/C18H24N4O3/c1-13(2)22-16-12-21(18(23)17-4-3-7-25-17)10-14(16)15(19-22)11-20-5-8-24-9-6-20/h3-4,7,13H,5-6,8-12H2,1-2H3. The molecule has 0 radical (unpaired) electrons. The minimum atomic E-state index is -0.0613. The van der Waals surface area contributed by atoms with Crippen molar-refractivity contribution in [3.05, 3.63) is 41.1 Å². The van der Waals surface area contributed by atoms with Crippen molar-refractivity contribution >= 4 is 5.91 Å². The van der Waals surface area contributed by atoms with Crippen LogP contribution in [0.4, 0.5) is 0 Å². The quantitative estimate of drug-likeness (QED) is 0.849. The number of carbonyl (C=O) groups is 1. The van der Waals surface area contributed by atoms with Gasteiger partial charge in [0.05, 0.1) is 44.0 Å². The highest BCUT2D eigenvalue weighted by atomic mass is 16.5. The maximum absolute atomic E-state index is 12.6. The first-order valence-electron chi connectivity index (χ1n) is 8.85. The second kappa shape index (κ2) is 6.65. The number of aromatic nitrogens is 2. The van der Waals surface area contributed by atoms with Gasteiger partial charge in [-0.05, 0) is 26.0 Å². The zero-order valence-corrected chi connectivity index (χ0v) is 14.8. The van der Waals surface area contributed by atoms with Crippen LogP contribution < -0.4 is 0 Å². The van der Waals surface area contributed by atoms with E-state index in [1.165, 1.54) is 11.8 Å². The van der Waals surface area contributed by atoms with Gasteiger partial charge in [-0.15, -0.1) is 0 Å². The van der Waals surface area contributed by atoms with Gasteiger partial charge in [0.2, 0.25) is 0 Å². The van der Waals surface area contributed by atoms with Crippen molar-refractivity contribution < 1.29 is 13.9 Å². The second-order valence-electron chi connectivity index (χ2n) is 6.94. The van der Waals surface area contributed by atoms with Gasteiger partial charge in [-0.2, -0.15) is 5.10 Å². The fourth-order valence-corrected chi connectivity index (χ4v) is 3.56. The molecule has 0 aliphatic carbocycles. The summed E-state index contributed by atoms with van der Waals surface area (Å²) in [6, 6.07) is 3.73. The molecule has 2 aliphatic heterocycles. The maximum Gasteiger partial charge on any atom is 0.290 e. The molecule has 7 heteroatoms. The lowest BCUT2D eigenvalue weighted by molar-refractivity contribution is 0.0333. The number of amides is 1. The molecule has 0 atom stereocenters. The average Bonchev–Trinajstić information content (AvgIpc) is 3.33. The van der Waals surface area contributed by atoms with Crippen molar-refractivity contribution in [2.45, 2.75) is 39.5 Å². The SMILES string of the molecule is CC(C)n1nc(CN2CCOCC2)c2c1CN(C(=O)c1ccco1)C2. The molecule has 0 spiro atoms. The molecule has 2 aliphatic rings. The molecule has 1 amide bonds. The summed E-state index contributed by atoms with van der Waals surface area (Å²) in [5.74, 6) is 0.331. The summed E-state index contributed by atoms with van der Waals surface area (Å²) in [4.78, 5) is 16.8. The van der Waals surface area contributed by atoms with Gasteiger partial charge in [0.25, 0.3) is 5.91 Å². The van der Waals surface area contributed by atoms with Crippen LogP contribution in [0.1, 0.15) is 47.4 Å². The lowest BCUT2D eigenvalue weighted by atomic mass is 10.2. The predicted octanol–water partition coefficient (Wildman–Crippen LogP) is 2.05. The number of hydrogen-bond acceptors (Lipinski definition) is 5. The lowest BCUT2D eigenvalue weighted by Crippen LogP contribution is -2.36. The zero-order chi connectivity index (χ0) is 17.4. The Bertz CT molecular complexity index is 745. The molecule has 0 saturated carbocycles. The van der Waals surface area contributed by atoms with E-state index < -0.39 is 0 Å². The summed E-state index contributed by atoms with van der Waals surface area (Å²) in [6.45, 7) is 9.66. The van der Waals surface area contributed by atoms with E-state index in [0.29, 0.717) is 18.8 Å². The Morgan fingerprint density at radius 1 is 1.28 bits per heavy atom. The molecule has 2 aromatic heterocycles. The summed E-state index contributed by atoms with van der Waals surface area (Å²) in [5, 5.41) is 4.85. The maximum atomic E-state index is 12.6. The topological polar surface area (TPSA) is 63.7 Å². The number of carbonyl (C=O) groups excluding carboxylic acids is 1. The van der Waals surface area contributed by atoms with E-state index in [2.05, 4.69) is 23.4 Å². The van der Waals surface area contributed by atoms with Gasteiger partial charge in [0, 0.05) is 31.2 Å². The van der Waals surface area contributed by atoms with Crippen LogP contribution in [0, 0.1) is 0 Å². The van der Waals surface area contributed by atoms with Crippen LogP contribution in [0.3, 0.4) is 0 Å². The van der Waals surface area contributed by atoms with E-state index in [1.807, 2.05) is 4.90 Å². The fraction of sp³-hybridized carbons (Fsp3) is 0.556. The monoisotopic (exact) mass is 344 g/mol. The molecule has 7 nitrogen and oxygen atoms in total. The van der Waals surface area contributed by atoms with E-state index in [4.69, 9.17) is 14.3 Å². The number of rotatable bonds is 4. The molecular formula is C18H24N4O3. The van der Waals surface area contributed by atoms with Crippen molar-refractivity contribution in [1.29, 1.82) is 0 Å². The van der Waals surface area contributed by atoms with Crippen molar-refractivity contribution in [2.75, 3.05) is 26.3 Å². The summed E-state index contributed by atoms with van der Waals surface area (Å²) in [6.07, 6.45) is 1.54. The van der Waals surface area contributed by atoms with Gasteiger partial charge >= 0.3 is 0 Å². The van der Waals surface area contributed by atoms with Crippen molar-refractivity contribution in [1.82, 2.24) is 19.6 Å². The fourth-order valence-electron chi connectivity index (χ4n) is 3.56. The first kappa shape index (κ1) is 16.4. The van der Waals surface area contributed by atoms with Gasteiger partial charge in [-0.3, -0.25) is 14.4 Å². The van der Waals surface area contributed by atoms with Crippen molar-refractivity contribution in [3.8, 4) is 0 Å². The Labute approximate surface area is 147 Å². The summed E-state index contributed by atoms with van der Waals surface area (Å²) in [5.41, 5.74) is 3.43. The molecule has 1 saturated heterocycles. The Hall–Kier alpha value is -2.12. The normalized spacial score (nSPS) is 18.1. The number of morpholine rings is 1. The largest absolute Gasteiger partial charge is 0.459 e. The van der Waals surface area contributed by atoms with Gasteiger partial charge in [0.15, 0.2) is 5.76 Å². The first-order valence-corrected chi connectivity index (χ1v) is 8.85. The highest BCUT2D eigenvalue weighted by Gasteiger charge is 2.33. The van der Waals surface area contributed by atoms with Gasteiger partial charge in [-0.25, -0.2) is 0 Å². The van der Waals surface area contributed by atoms with Crippen LogP contribution in [0.5, 0.6) is 0 Å². The van der Waals surface area contributed by atoms with Crippen LogP contribution in [-0.4, -0.2) is 51.8 Å². The van der Waals surface area contributed by atoms with Gasteiger partial charge in [0.1, 0.15) is 0 Å². The van der Waals surface area contributed by atoms with Crippen LogP contribution in [-0.2, 0) is 24.4 Å². The molecule has 134 valence electrons. The molecule has 2 aromatic rings. The molecular weight excluding hydrogens is 320 g/mol. The van der Waals surface area contributed by atoms with E-state index in [9.17, 15) is 4.79 Å². The first-order chi connectivity index (χ1) is 12.1. The number of nitrogens with zero attached hydrogens (tertiary/aromatic N) is 4. The Balaban J connectivity index is 1.58. The second-order valence-corrected chi connectivity index (χ2v) is 6.94. The summed E-state index contributed by atoms with van der Waals surface area (Å²) < 4.78 is 12.8. The predicted molar refractivity (Wildman–Crippen MR) is 91.0 cm³/mol. The van der Waals surface area contributed by atoms with Crippen molar-refractivity contribution in [2.24, 2.45) is 0 Å². The Morgan fingerprint density at radius 3 is 2.76 bits per heavy atom. The van der Waals surface area contributed by atoms with E-state index in [0.717, 1.165) is 44.2 Å². The molecule has 0 unspecified atom stereocenters. The number of hydrogen-bond donors (Lipinski definition) is 0. The molecule has 4 heterocycles. The molecule has 4 rings (SSSR count). The highest BCUT2D eigenvalue weighted by Crippen LogP contribution is 2.30. The molecule has 25 heavy (non-hydrogen) atoms. The average molecular weight is 344 g/mol. The van der Waals surface area contributed by atoms with Crippen LogP contribution in [0.15, 0.2) is 22.8 Å². The number of ether oxygens (including phenoxy) is 1. The number of furan rings is 1. The van der Waals surface area contributed by atoms with E-state index >= 15 is 0 Å². The lowest BCUT2D eigenvalue weighted by Gasteiger charge is -2.26. The molecule has 0 bridgehead atoms. The zero-order valence-electron chi connectivity index (χ0n) is 14.8. The summed E-state index contributed by atoms with van der Waals surface area (Å²) in [7, 11) is 0. The smallest absolute Gasteiger partial charge is 0.290 e. The molecule has 0 N–H and O–H groups in total. The Kier molecular flexibility index (Phi) is 4.35. The van der Waals surface area contributed by atoms with Crippen LogP contribution in [0.2, 0.25) is 0 Å². The van der Waals surface area contributed by atoms with E-state index in [1.54, 1.807) is 12.1 Å². The Morgan fingerprint density at radius 2 is 2.08 bits per heavy atom. The van der Waals surface area contributed by atoms with Crippen molar-refractivity contribution in [3.63, 3.8) is 0 Å². The highest BCUT2D eigenvalue weighted by molar-refractivity contribution is 5.91. The molecule has 1 fully saturated rings. The minimum Gasteiger partial charge on any atom is -0.459 e. The van der Waals surface area contributed by atoms with Gasteiger partial charge in [-0.1, -0.05) is 0 Å². The third-order valence-corrected chi connectivity index (χ3v) is 4.88.